The van der Waals surface area contributed by atoms with Gasteiger partial charge in [0.1, 0.15) is 10.8 Å². The first-order valence-corrected chi connectivity index (χ1v) is 13.7. The molecule has 0 saturated heterocycles. The lowest BCUT2D eigenvalue weighted by Gasteiger charge is -2.26. The number of benzene rings is 2. The first kappa shape index (κ1) is 25.5. The van der Waals surface area contributed by atoms with Gasteiger partial charge in [-0.05, 0) is 60.6 Å². The molecular formula is C26H29FN4O2S2. The fraction of sp³-hybridized carbons (Fsp3) is 0.346. The van der Waals surface area contributed by atoms with Crippen LogP contribution in [0.2, 0.25) is 0 Å². The van der Waals surface area contributed by atoms with Gasteiger partial charge in [-0.2, -0.15) is 0 Å². The van der Waals surface area contributed by atoms with Gasteiger partial charge in [0.2, 0.25) is 5.91 Å². The number of carbonyl (C=O) groups is 1. The van der Waals surface area contributed by atoms with E-state index in [4.69, 9.17) is 10.8 Å². The molecule has 2 atom stereocenters. The topological polar surface area (TPSA) is 90.0 Å². The molecule has 2 heterocycles. The Bertz CT molecular complexity index is 1240. The lowest BCUT2D eigenvalue weighted by molar-refractivity contribution is -0.118. The second-order valence-corrected chi connectivity index (χ2v) is 10.7. The van der Waals surface area contributed by atoms with Gasteiger partial charge >= 0.3 is 0 Å². The number of aromatic nitrogens is 2. The Morgan fingerprint density at radius 2 is 2.03 bits per heavy atom. The molecule has 184 valence electrons. The summed E-state index contributed by atoms with van der Waals surface area (Å²) in [6, 6.07) is 16.2. The summed E-state index contributed by atoms with van der Waals surface area (Å²) in [6.07, 6.45) is 4.01. The molecule has 9 heteroatoms. The number of hydrogen-bond acceptors (Lipinski definition) is 6. The fourth-order valence-electron chi connectivity index (χ4n) is 4.47. The highest BCUT2D eigenvalue weighted by atomic mass is 32.2. The van der Waals surface area contributed by atoms with Gasteiger partial charge in [-0.1, -0.05) is 61.5 Å². The van der Waals surface area contributed by atoms with Crippen LogP contribution >= 0.6 is 23.5 Å². The molecule has 0 bridgehead atoms. The van der Waals surface area contributed by atoms with Crippen molar-refractivity contribution in [1.82, 2.24) is 15.0 Å². The number of hydrogen-bond donors (Lipinski definition) is 2. The Labute approximate surface area is 212 Å². The maximum atomic E-state index is 14.2. The second-order valence-electron chi connectivity index (χ2n) is 8.67. The summed E-state index contributed by atoms with van der Waals surface area (Å²) in [5.74, 6) is 5.50. The standard InChI is InChI=1S/C26H29FN4O2S2/c1-17-19(14-18-8-3-2-4-9-18)10-5-6-13-34-24-23(17)25(33)31(21-12-7-11-20(27)15-21)26(29-24)35-16-22(32)30-28/h2-4,7-9,11-12,15,17,19H,5-6,10,13-14,16,28H2,1H3,(H,30,32). The van der Waals surface area contributed by atoms with E-state index in [2.05, 4.69) is 24.5 Å². The monoisotopic (exact) mass is 512 g/mol. The van der Waals surface area contributed by atoms with Crippen LogP contribution in [0.4, 0.5) is 4.39 Å². The Kier molecular flexibility index (Phi) is 8.64. The lowest BCUT2D eigenvalue weighted by atomic mass is 9.81. The van der Waals surface area contributed by atoms with Crippen molar-refractivity contribution >= 4 is 29.4 Å². The molecule has 3 aromatic rings. The Balaban J connectivity index is 1.84. The molecule has 0 aliphatic carbocycles. The Morgan fingerprint density at radius 3 is 2.77 bits per heavy atom. The van der Waals surface area contributed by atoms with E-state index < -0.39 is 5.82 Å². The molecule has 6 nitrogen and oxygen atoms in total. The quantitative estimate of drug-likeness (QED) is 0.124. The van der Waals surface area contributed by atoms with Gasteiger partial charge in [-0.3, -0.25) is 19.6 Å². The van der Waals surface area contributed by atoms with Crippen LogP contribution < -0.4 is 16.8 Å². The van der Waals surface area contributed by atoms with Crippen molar-refractivity contribution in [3.8, 4) is 5.69 Å². The van der Waals surface area contributed by atoms with E-state index in [-0.39, 0.29) is 29.1 Å². The number of nitrogens with two attached hydrogens (primary N) is 1. The molecule has 1 aliphatic rings. The minimum atomic E-state index is -0.446. The van der Waals surface area contributed by atoms with Crippen LogP contribution in [-0.4, -0.2) is 27.0 Å². The number of nitrogens with zero attached hydrogens (tertiary/aromatic N) is 2. The van der Waals surface area contributed by atoms with Crippen molar-refractivity contribution in [1.29, 1.82) is 0 Å². The van der Waals surface area contributed by atoms with Gasteiger partial charge in [0.05, 0.1) is 17.0 Å². The summed E-state index contributed by atoms with van der Waals surface area (Å²) in [5.41, 5.74) is 4.19. The largest absolute Gasteiger partial charge is 0.294 e. The molecule has 4 rings (SSSR count). The number of amides is 1. The second kappa shape index (κ2) is 11.9. The SMILES string of the molecule is CC1c2c(nc(SCC(=O)NN)n(-c3cccc(F)c3)c2=O)SCCCCC1Cc1ccccc1. The van der Waals surface area contributed by atoms with Gasteiger partial charge in [-0.15, -0.1) is 11.8 Å². The molecule has 35 heavy (non-hydrogen) atoms. The van der Waals surface area contributed by atoms with Crippen LogP contribution in [0.3, 0.4) is 0 Å². The van der Waals surface area contributed by atoms with Crippen LogP contribution in [0.25, 0.3) is 5.69 Å². The summed E-state index contributed by atoms with van der Waals surface area (Å²) in [5, 5.41) is 1.05. The van der Waals surface area contributed by atoms with Crippen LogP contribution in [0.1, 0.15) is 43.2 Å². The fourth-order valence-corrected chi connectivity index (χ4v) is 6.46. The van der Waals surface area contributed by atoms with Crippen LogP contribution in [0.15, 0.2) is 69.6 Å². The predicted octanol–water partition coefficient (Wildman–Crippen LogP) is 4.69. The van der Waals surface area contributed by atoms with E-state index in [0.717, 1.165) is 43.2 Å². The number of nitrogens with one attached hydrogen (secondary N) is 1. The number of rotatable bonds is 6. The highest BCUT2D eigenvalue weighted by Crippen LogP contribution is 2.37. The highest BCUT2D eigenvalue weighted by Gasteiger charge is 2.29. The summed E-state index contributed by atoms with van der Waals surface area (Å²) >= 11 is 2.70. The smallest absolute Gasteiger partial charge is 0.263 e. The first-order valence-electron chi connectivity index (χ1n) is 11.7. The molecular weight excluding hydrogens is 483 g/mol. The van der Waals surface area contributed by atoms with Crippen molar-refractivity contribution in [2.75, 3.05) is 11.5 Å². The summed E-state index contributed by atoms with van der Waals surface area (Å²) in [7, 11) is 0. The maximum Gasteiger partial charge on any atom is 0.263 e. The Hall–Kier alpha value is -2.62. The van der Waals surface area contributed by atoms with Crippen LogP contribution in [0, 0.1) is 11.7 Å². The molecule has 2 unspecified atom stereocenters. The van der Waals surface area contributed by atoms with E-state index in [1.165, 1.54) is 22.3 Å². The van der Waals surface area contributed by atoms with Gasteiger partial charge in [-0.25, -0.2) is 15.2 Å². The third-order valence-corrected chi connectivity index (χ3v) is 8.34. The van der Waals surface area contributed by atoms with Crippen LogP contribution in [-0.2, 0) is 11.2 Å². The average Bonchev–Trinajstić information content (AvgIpc) is 2.93. The third-order valence-electron chi connectivity index (χ3n) is 6.32. The van der Waals surface area contributed by atoms with E-state index in [0.29, 0.717) is 21.4 Å². The maximum absolute atomic E-state index is 14.2. The van der Waals surface area contributed by atoms with E-state index in [1.54, 1.807) is 23.9 Å². The number of carbonyl (C=O) groups excluding carboxylic acids is 1. The van der Waals surface area contributed by atoms with Gasteiger partial charge in [0.15, 0.2) is 5.16 Å². The molecule has 0 radical (unpaired) electrons. The van der Waals surface area contributed by atoms with Gasteiger partial charge < -0.3 is 0 Å². The zero-order chi connectivity index (χ0) is 24.8. The zero-order valence-corrected chi connectivity index (χ0v) is 21.2. The normalized spacial score (nSPS) is 18.1. The van der Waals surface area contributed by atoms with Crippen molar-refractivity contribution in [2.24, 2.45) is 11.8 Å². The van der Waals surface area contributed by atoms with Gasteiger partial charge in [0, 0.05) is 0 Å². The minimum Gasteiger partial charge on any atom is -0.294 e. The zero-order valence-electron chi connectivity index (χ0n) is 19.6. The number of thioether (sulfide) groups is 2. The highest BCUT2D eigenvalue weighted by molar-refractivity contribution is 8.00. The first-order chi connectivity index (χ1) is 17.0. The molecule has 0 fully saturated rings. The average molecular weight is 513 g/mol. The molecule has 1 aliphatic heterocycles. The van der Waals surface area contributed by atoms with Crippen molar-refractivity contribution < 1.29 is 9.18 Å². The Morgan fingerprint density at radius 1 is 1.23 bits per heavy atom. The van der Waals surface area contributed by atoms with Crippen molar-refractivity contribution in [2.45, 2.75) is 48.7 Å². The lowest BCUT2D eigenvalue weighted by Crippen LogP contribution is -2.33. The third kappa shape index (κ3) is 6.15. The summed E-state index contributed by atoms with van der Waals surface area (Å²) < 4.78 is 15.6. The molecule has 1 amide bonds. The van der Waals surface area contributed by atoms with E-state index in [1.807, 2.05) is 18.2 Å². The minimum absolute atomic E-state index is 0.00606. The van der Waals surface area contributed by atoms with E-state index in [9.17, 15) is 14.0 Å². The molecule has 3 N–H and O–H groups in total. The number of halogens is 1. The summed E-state index contributed by atoms with van der Waals surface area (Å²) in [6.45, 7) is 2.10. The number of fused-ring (bicyclic) bond motifs is 1. The molecule has 0 spiro atoms. The van der Waals surface area contributed by atoms with Crippen molar-refractivity contribution in [3.63, 3.8) is 0 Å². The number of hydrazine groups is 1. The predicted molar refractivity (Wildman–Crippen MR) is 139 cm³/mol. The molecule has 2 aromatic carbocycles. The molecule has 0 saturated carbocycles. The van der Waals surface area contributed by atoms with E-state index >= 15 is 0 Å². The van der Waals surface area contributed by atoms with Gasteiger partial charge in [0.25, 0.3) is 5.56 Å². The van der Waals surface area contributed by atoms with Crippen LogP contribution in [0.5, 0.6) is 0 Å². The summed E-state index contributed by atoms with van der Waals surface area (Å²) in [4.78, 5) is 30.8. The van der Waals surface area contributed by atoms with Crippen molar-refractivity contribution in [3.05, 3.63) is 81.9 Å². The molecule has 1 aromatic heterocycles.